The molecular weight excluding hydrogens is 343 g/mol. The van der Waals surface area contributed by atoms with Crippen molar-refractivity contribution in [2.45, 2.75) is 29.0 Å². The first-order valence-electron chi connectivity index (χ1n) is 6.05. The van der Waals surface area contributed by atoms with Crippen LogP contribution in [0.15, 0.2) is 10.3 Å². The number of rotatable bonds is 3. The molecule has 0 saturated heterocycles. The van der Waals surface area contributed by atoms with Crippen molar-refractivity contribution >= 4 is 50.5 Å². The number of hydrogen-bond donors (Lipinski definition) is 2. The van der Waals surface area contributed by atoms with Gasteiger partial charge in [-0.25, -0.2) is 13.1 Å². The quantitative estimate of drug-likeness (QED) is 0.868. The first kappa shape index (κ1) is 14.6. The van der Waals surface area contributed by atoms with E-state index in [1.165, 1.54) is 6.07 Å². The Balaban J connectivity index is 1.81. The maximum atomic E-state index is 12.2. The summed E-state index contributed by atoms with van der Waals surface area (Å²) in [7, 11) is -3.97. The monoisotopic (exact) mass is 354 g/mol. The van der Waals surface area contributed by atoms with E-state index in [-0.39, 0.29) is 19.5 Å². The number of nitrogens with one attached hydrogen (secondary N) is 1. The van der Waals surface area contributed by atoms with E-state index in [4.69, 9.17) is 28.9 Å². The molecule has 1 aromatic heterocycles. The molecule has 20 heavy (non-hydrogen) atoms. The highest BCUT2D eigenvalue weighted by molar-refractivity contribution is 7.92. The second-order valence-electron chi connectivity index (χ2n) is 5.30. The summed E-state index contributed by atoms with van der Waals surface area (Å²) in [5.41, 5.74) is 5.02. The summed E-state index contributed by atoms with van der Waals surface area (Å²) in [4.78, 5) is 12.2. The largest absolute Gasteiger partial charge is 0.317 e. The summed E-state index contributed by atoms with van der Waals surface area (Å²) >= 11 is 12.3. The Labute approximate surface area is 130 Å². The van der Waals surface area contributed by atoms with Crippen LogP contribution in [-0.2, 0) is 14.8 Å². The summed E-state index contributed by atoms with van der Waals surface area (Å²) in [5.74, 6) is -0.0598. The molecule has 2 aliphatic carbocycles. The fourth-order valence-corrected chi connectivity index (χ4v) is 5.74. The van der Waals surface area contributed by atoms with Gasteiger partial charge in [0.25, 0.3) is 15.9 Å². The highest BCUT2D eigenvalue weighted by Crippen LogP contribution is 2.56. The van der Waals surface area contributed by atoms with Gasteiger partial charge in [-0.2, -0.15) is 0 Å². The molecular formula is C11H12Cl2N2O3S2. The van der Waals surface area contributed by atoms with Crippen molar-refractivity contribution in [2.24, 2.45) is 17.6 Å². The highest BCUT2D eigenvalue weighted by atomic mass is 35.5. The Morgan fingerprint density at radius 1 is 1.50 bits per heavy atom. The number of hydrogen-bond acceptors (Lipinski definition) is 5. The van der Waals surface area contributed by atoms with Crippen LogP contribution in [0.25, 0.3) is 0 Å². The van der Waals surface area contributed by atoms with Gasteiger partial charge in [0.05, 0.1) is 10.6 Å². The van der Waals surface area contributed by atoms with Crippen LogP contribution in [0.2, 0.25) is 9.36 Å². The molecule has 3 atom stereocenters. The van der Waals surface area contributed by atoms with Crippen LogP contribution < -0.4 is 10.5 Å². The van der Waals surface area contributed by atoms with Crippen molar-refractivity contribution in [2.75, 3.05) is 0 Å². The molecule has 2 aliphatic rings. The third-order valence-corrected chi connectivity index (χ3v) is 7.72. The molecule has 2 fully saturated rings. The van der Waals surface area contributed by atoms with E-state index in [0.29, 0.717) is 12.3 Å². The number of sulfonamides is 1. The zero-order valence-electron chi connectivity index (χ0n) is 10.2. The molecule has 1 heterocycles. The summed E-state index contributed by atoms with van der Waals surface area (Å²) < 4.78 is 26.4. The predicted octanol–water partition coefficient (Wildman–Crippen LogP) is 1.99. The summed E-state index contributed by atoms with van der Waals surface area (Å²) in [5, 5.41) is 0.148. The SMILES string of the molecule is NC1(C(=O)NS(=O)(=O)c2cc(Cl)c(Cl)s2)CCC2CC21. The maximum Gasteiger partial charge on any atom is 0.273 e. The molecule has 1 aromatic rings. The minimum Gasteiger partial charge on any atom is -0.317 e. The van der Waals surface area contributed by atoms with Gasteiger partial charge in [-0.05, 0) is 37.2 Å². The van der Waals surface area contributed by atoms with Crippen LogP contribution in [0.5, 0.6) is 0 Å². The Morgan fingerprint density at radius 3 is 2.65 bits per heavy atom. The average molecular weight is 355 g/mol. The smallest absolute Gasteiger partial charge is 0.273 e. The molecule has 5 nitrogen and oxygen atoms in total. The zero-order valence-corrected chi connectivity index (χ0v) is 13.4. The van der Waals surface area contributed by atoms with E-state index in [1.807, 2.05) is 0 Å². The Bertz CT molecular complexity index is 668. The first-order valence-corrected chi connectivity index (χ1v) is 9.10. The normalized spacial score (nSPS) is 31.9. The number of thiophene rings is 1. The molecule has 0 aromatic carbocycles. The molecule has 9 heteroatoms. The van der Waals surface area contributed by atoms with Gasteiger partial charge < -0.3 is 5.73 Å². The van der Waals surface area contributed by atoms with Gasteiger partial charge >= 0.3 is 0 Å². The maximum absolute atomic E-state index is 12.2. The fourth-order valence-electron chi connectivity index (χ4n) is 2.82. The summed E-state index contributed by atoms with van der Waals surface area (Å²) in [6.45, 7) is 0. The second kappa shape index (κ2) is 4.58. The number of carbonyl (C=O) groups excluding carboxylic acids is 1. The van der Waals surface area contributed by atoms with Crippen molar-refractivity contribution in [1.29, 1.82) is 0 Å². The summed E-state index contributed by atoms with van der Waals surface area (Å²) in [6.07, 6.45) is 2.31. The zero-order chi connectivity index (χ0) is 14.7. The molecule has 110 valence electrons. The van der Waals surface area contributed by atoms with E-state index in [2.05, 4.69) is 4.72 Å². The van der Waals surface area contributed by atoms with Gasteiger partial charge in [0.1, 0.15) is 8.55 Å². The number of amides is 1. The van der Waals surface area contributed by atoms with E-state index in [9.17, 15) is 13.2 Å². The molecule has 0 bridgehead atoms. The molecule has 0 aliphatic heterocycles. The van der Waals surface area contributed by atoms with Crippen molar-refractivity contribution < 1.29 is 13.2 Å². The van der Waals surface area contributed by atoms with Crippen molar-refractivity contribution in [3.8, 4) is 0 Å². The standard InChI is InChI=1S/C11H12Cl2N2O3S2/c12-7-4-8(19-9(7)13)20(17,18)15-10(16)11(14)2-1-5-3-6(5)11/h4-6H,1-3,14H2,(H,15,16). The van der Waals surface area contributed by atoms with Crippen molar-refractivity contribution in [3.05, 3.63) is 15.4 Å². The lowest BCUT2D eigenvalue weighted by Gasteiger charge is -2.24. The molecule has 0 radical (unpaired) electrons. The van der Waals surface area contributed by atoms with E-state index < -0.39 is 21.5 Å². The predicted molar refractivity (Wildman–Crippen MR) is 77.4 cm³/mol. The third-order valence-electron chi connectivity index (χ3n) is 4.05. The molecule has 3 N–H and O–H groups in total. The van der Waals surface area contributed by atoms with Gasteiger partial charge in [0.2, 0.25) is 0 Å². The number of halogens is 2. The van der Waals surface area contributed by atoms with Crippen LogP contribution in [0.1, 0.15) is 19.3 Å². The first-order chi connectivity index (χ1) is 9.24. The van der Waals surface area contributed by atoms with Gasteiger partial charge in [-0.15, -0.1) is 11.3 Å². The van der Waals surface area contributed by atoms with E-state index >= 15 is 0 Å². The number of nitrogens with two attached hydrogens (primary N) is 1. The lowest BCUT2D eigenvalue weighted by atomic mass is 9.94. The number of fused-ring (bicyclic) bond motifs is 1. The Hall–Kier alpha value is -0.340. The van der Waals surface area contributed by atoms with Crippen LogP contribution >= 0.6 is 34.5 Å². The van der Waals surface area contributed by atoms with Crippen molar-refractivity contribution in [1.82, 2.24) is 4.72 Å². The summed E-state index contributed by atoms with van der Waals surface area (Å²) in [6, 6.07) is 1.22. The Morgan fingerprint density at radius 2 is 2.20 bits per heavy atom. The average Bonchev–Trinajstić information content (AvgIpc) is 2.97. The van der Waals surface area contributed by atoms with E-state index in [1.54, 1.807) is 0 Å². The van der Waals surface area contributed by atoms with Crippen LogP contribution in [0.4, 0.5) is 0 Å². The van der Waals surface area contributed by atoms with Gasteiger partial charge in [-0.3, -0.25) is 4.79 Å². The third kappa shape index (κ3) is 2.25. The Kier molecular flexibility index (Phi) is 3.34. The van der Waals surface area contributed by atoms with Gasteiger partial charge in [-0.1, -0.05) is 23.2 Å². The van der Waals surface area contributed by atoms with Gasteiger partial charge in [0, 0.05) is 0 Å². The van der Waals surface area contributed by atoms with Crippen LogP contribution in [-0.4, -0.2) is 19.9 Å². The minimum absolute atomic E-state index is 0.0882. The van der Waals surface area contributed by atoms with E-state index in [0.717, 1.165) is 24.2 Å². The lowest BCUT2D eigenvalue weighted by molar-refractivity contribution is -0.125. The number of carbonyl (C=O) groups is 1. The molecule has 0 spiro atoms. The topological polar surface area (TPSA) is 89.3 Å². The second-order valence-corrected chi connectivity index (χ2v) is 9.27. The minimum atomic E-state index is -3.97. The molecule has 3 rings (SSSR count). The molecule has 1 amide bonds. The highest BCUT2D eigenvalue weighted by Gasteiger charge is 2.60. The van der Waals surface area contributed by atoms with Crippen LogP contribution in [0, 0.1) is 11.8 Å². The van der Waals surface area contributed by atoms with Gasteiger partial charge in [0.15, 0.2) is 0 Å². The van der Waals surface area contributed by atoms with Crippen molar-refractivity contribution in [3.63, 3.8) is 0 Å². The lowest BCUT2D eigenvalue weighted by Crippen LogP contribution is -2.55. The fraction of sp³-hybridized carbons (Fsp3) is 0.545. The molecule has 2 saturated carbocycles. The van der Waals surface area contributed by atoms with Crippen LogP contribution in [0.3, 0.4) is 0 Å². The molecule has 3 unspecified atom stereocenters.